The molecule has 22 heavy (non-hydrogen) atoms. The Labute approximate surface area is 136 Å². The van der Waals surface area contributed by atoms with E-state index < -0.39 is 10.0 Å². The van der Waals surface area contributed by atoms with Gasteiger partial charge in [-0.3, -0.25) is 4.79 Å². The first kappa shape index (κ1) is 17.2. The topological polar surface area (TPSA) is 66.5 Å². The maximum absolute atomic E-state index is 12.2. The molecule has 1 aromatic rings. The molecule has 122 valence electrons. The summed E-state index contributed by atoms with van der Waals surface area (Å²) in [6.07, 6.45) is 7.00. The van der Waals surface area contributed by atoms with Gasteiger partial charge in [-0.25, -0.2) is 8.42 Å². The van der Waals surface area contributed by atoms with Crippen molar-refractivity contribution < 1.29 is 13.2 Å². The van der Waals surface area contributed by atoms with Crippen LogP contribution in [0.1, 0.15) is 32.1 Å². The number of nitrogens with one attached hydrogen (secondary N) is 1. The summed E-state index contributed by atoms with van der Waals surface area (Å²) < 4.78 is 26.0. The zero-order valence-electron chi connectivity index (χ0n) is 12.7. The highest BCUT2D eigenvalue weighted by Crippen LogP contribution is 2.20. The van der Waals surface area contributed by atoms with Gasteiger partial charge in [0.2, 0.25) is 5.91 Å². The lowest BCUT2D eigenvalue weighted by molar-refractivity contribution is -0.120. The number of likely N-dealkylation sites (N-methyl/N-ethyl adjacent to an activating group) is 1. The molecule has 0 bridgehead atoms. The van der Waals surface area contributed by atoms with E-state index in [1.807, 2.05) is 0 Å². The van der Waals surface area contributed by atoms with E-state index in [-0.39, 0.29) is 12.5 Å². The van der Waals surface area contributed by atoms with Crippen LogP contribution in [0.5, 0.6) is 0 Å². The van der Waals surface area contributed by atoms with Crippen molar-refractivity contribution in [3.05, 3.63) is 29.2 Å². The highest BCUT2D eigenvalue weighted by Gasteiger charge is 2.21. The fourth-order valence-corrected chi connectivity index (χ4v) is 4.74. The van der Waals surface area contributed by atoms with Crippen LogP contribution in [-0.4, -0.2) is 38.8 Å². The monoisotopic (exact) mass is 342 g/mol. The minimum atomic E-state index is -3.43. The number of hydrogen-bond donors (Lipinski definition) is 1. The minimum absolute atomic E-state index is 0.0323. The Balaban J connectivity index is 1.76. The molecule has 0 aliphatic heterocycles. The number of allylic oxidation sites excluding steroid dienone is 1. The van der Waals surface area contributed by atoms with Gasteiger partial charge in [-0.15, -0.1) is 11.3 Å². The summed E-state index contributed by atoms with van der Waals surface area (Å²) >= 11 is 1.20. The van der Waals surface area contributed by atoms with E-state index >= 15 is 0 Å². The molecule has 0 unspecified atom stereocenters. The number of carbonyl (C=O) groups is 1. The molecule has 7 heteroatoms. The Hall–Kier alpha value is -1.18. The van der Waals surface area contributed by atoms with Crippen molar-refractivity contribution in [1.29, 1.82) is 0 Å². The van der Waals surface area contributed by atoms with Gasteiger partial charge in [0.25, 0.3) is 10.0 Å². The van der Waals surface area contributed by atoms with Gasteiger partial charge < -0.3 is 5.32 Å². The van der Waals surface area contributed by atoms with Gasteiger partial charge >= 0.3 is 0 Å². The summed E-state index contributed by atoms with van der Waals surface area (Å²) in [6.45, 7) is 0.595. The molecule has 1 aromatic heterocycles. The number of carbonyl (C=O) groups excluding carboxylic acids is 1. The lowest BCUT2D eigenvalue weighted by atomic mass is 9.97. The van der Waals surface area contributed by atoms with Gasteiger partial charge in [-0.2, -0.15) is 4.31 Å². The van der Waals surface area contributed by atoms with Gasteiger partial charge in [0.1, 0.15) is 4.21 Å². The molecule has 1 heterocycles. The second-order valence-corrected chi connectivity index (χ2v) is 8.61. The average Bonchev–Trinajstić information content (AvgIpc) is 3.03. The van der Waals surface area contributed by atoms with E-state index in [0.29, 0.717) is 17.2 Å². The zero-order valence-corrected chi connectivity index (χ0v) is 14.4. The third-order valence-corrected chi connectivity index (χ3v) is 6.91. The Morgan fingerprint density at radius 1 is 1.41 bits per heavy atom. The Morgan fingerprint density at radius 2 is 2.23 bits per heavy atom. The number of hydrogen-bond acceptors (Lipinski definition) is 4. The first-order chi connectivity index (χ1) is 10.5. The molecule has 1 aliphatic rings. The lowest BCUT2D eigenvalue weighted by Gasteiger charge is -2.17. The standard InChI is InChI=1S/C15H22N2O3S2/c1-17(22(19,20)15-8-5-11-21-15)10-9-16-14(18)12-13-6-3-2-4-7-13/h5-6,8,11H,2-4,7,9-10,12H2,1H3,(H,16,18). The molecule has 0 radical (unpaired) electrons. The molecule has 1 aliphatic carbocycles. The van der Waals surface area contributed by atoms with Crippen LogP contribution in [0.2, 0.25) is 0 Å². The fourth-order valence-electron chi connectivity index (χ4n) is 2.37. The predicted molar refractivity (Wildman–Crippen MR) is 88.3 cm³/mol. The SMILES string of the molecule is CN(CCNC(=O)CC1=CCCCC1)S(=O)(=O)c1cccs1. The molecule has 0 spiro atoms. The normalized spacial score (nSPS) is 15.6. The first-order valence-electron chi connectivity index (χ1n) is 7.44. The molecule has 0 saturated carbocycles. The quantitative estimate of drug-likeness (QED) is 0.774. The van der Waals surface area contributed by atoms with Crippen molar-refractivity contribution in [3.8, 4) is 0 Å². The Morgan fingerprint density at radius 3 is 2.86 bits per heavy atom. The Kier molecular flexibility index (Phi) is 6.16. The van der Waals surface area contributed by atoms with Crippen LogP contribution < -0.4 is 5.32 Å². The van der Waals surface area contributed by atoms with E-state index in [4.69, 9.17) is 0 Å². The number of sulfonamides is 1. The van der Waals surface area contributed by atoms with Crippen LogP contribution in [0.4, 0.5) is 0 Å². The fraction of sp³-hybridized carbons (Fsp3) is 0.533. The van der Waals surface area contributed by atoms with Crippen LogP contribution in [-0.2, 0) is 14.8 Å². The van der Waals surface area contributed by atoms with Gasteiger partial charge in [0, 0.05) is 26.6 Å². The third-order valence-electron chi connectivity index (χ3n) is 3.68. The van der Waals surface area contributed by atoms with E-state index in [1.54, 1.807) is 17.5 Å². The van der Waals surface area contributed by atoms with Crippen molar-refractivity contribution in [2.75, 3.05) is 20.1 Å². The summed E-state index contributed by atoms with van der Waals surface area (Å²) in [5.41, 5.74) is 1.20. The van der Waals surface area contributed by atoms with E-state index in [2.05, 4.69) is 11.4 Å². The van der Waals surface area contributed by atoms with Gasteiger partial charge in [-0.1, -0.05) is 17.7 Å². The lowest BCUT2D eigenvalue weighted by Crippen LogP contribution is -2.36. The number of amides is 1. The van der Waals surface area contributed by atoms with E-state index in [1.165, 1.54) is 34.7 Å². The minimum Gasteiger partial charge on any atom is -0.355 e. The van der Waals surface area contributed by atoms with Crippen LogP contribution in [0, 0.1) is 0 Å². The maximum atomic E-state index is 12.2. The molecule has 5 nitrogen and oxygen atoms in total. The summed E-state index contributed by atoms with van der Waals surface area (Å²) in [6, 6.07) is 3.30. The Bertz CT molecular complexity index is 621. The largest absolute Gasteiger partial charge is 0.355 e. The van der Waals surface area contributed by atoms with Crippen LogP contribution in [0.15, 0.2) is 33.4 Å². The van der Waals surface area contributed by atoms with E-state index in [9.17, 15) is 13.2 Å². The molecule has 2 rings (SSSR count). The van der Waals surface area contributed by atoms with Crippen molar-refractivity contribution in [2.45, 2.75) is 36.3 Å². The smallest absolute Gasteiger partial charge is 0.252 e. The first-order valence-corrected chi connectivity index (χ1v) is 9.76. The van der Waals surface area contributed by atoms with Gasteiger partial charge in [-0.05, 0) is 37.1 Å². The molecular weight excluding hydrogens is 320 g/mol. The number of rotatable bonds is 7. The van der Waals surface area contributed by atoms with Crippen molar-refractivity contribution in [1.82, 2.24) is 9.62 Å². The van der Waals surface area contributed by atoms with Crippen LogP contribution >= 0.6 is 11.3 Å². The molecule has 0 aromatic carbocycles. The second-order valence-electron chi connectivity index (χ2n) is 5.39. The van der Waals surface area contributed by atoms with Crippen molar-refractivity contribution in [2.24, 2.45) is 0 Å². The number of thiophene rings is 1. The third kappa shape index (κ3) is 4.66. The number of nitrogens with zero attached hydrogens (tertiary/aromatic N) is 1. The van der Waals surface area contributed by atoms with E-state index in [0.717, 1.165) is 19.3 Å². The molecule has 0 atom stereocenters. The second kappa shape index (κ2) is 7.89. The molecular formula is C15H22N2O3S2. The van der Waals surface area contributed by atoms with Crippen LogP contribution in [0.3, 0.4) is 0 Å². The van der Waals surface area contributed by atoms with Gasteiger partial charge in [0.15, 0.2) is 0 Å². The summed E-state index contributed by atoms with van der Waals surface area (Å²) in [5.74, 6) is -0.0323. The molecule has 0 saturated heterocycles. The molecule has 1 N–H and O–H groups in total. The maximum Gasteiger partial charge on any atom is 0.252 e. The highest BCUT2D eigenvalue weighted by atomic mass is 32.2. The van der Waals surface area contributed by atoms with Gasteiger partial charge in [0.05, 0.1) is 0 Å². The highest BCUT2D eigenvalue weighted by molar-refractivity contribution is 7.91. The van der Waals surface area contributed by atoms with Crippen molar-refractivity contribution >= 4 is 27.3 Å². The van der Waals surface area contributed by atoms with Crippen LogP contribution in [0.25, 0.3) is 0 Å². The zero-order chi connectivity index (χ0) is 16.0. The predicted octanol–water partition coefficient (Wildman–Crippen LogP) is 2.38. The summed E-state index contributed by atoms with van der Waals surface area (Å²) in [7, 11) is -1.90. The van der Waals surface area contributed by atoms with Crippen molar-refractivity contribution in [3.63, 3.8) is 0 Å². The molecule has 0 fully saturated rings. The average molecular weight is 342 g/mol. The summed E-state index contributed by atoms with van der Waals surface area (Å²) in [4.78, 5) is 11.9. The molecule has 1 amide bonds. The summed E-state index contributed by atoms with van der Waals surface area (Å²) in [5, 5.41) is 4.53.